The van der Waals surface area contributed by atoms with E-state index in [-0.39, 0.29) is 6.61 Å². The molecule has 1 fully saturated rings. The fourth-order valence-corrected chi connectivity index (χ4v) is 1.91. The van der Waals surface area contributed by atoms with E-state index >= 15 is 0 Å². The number of nitrogens with one attached hydrogen (secondary N) is 1. The number of hydrogen-bond acceptors (Lipinski definition) is 2. The summed E-state index contributed by atoms with van der Waals surface area (Å²) in [7, 11) is 0. The third-order valence-corrected chi connectivity index (χ3v) is 2.66. The first-order valence-corrected chi connectivity index (χ1v) is 4.82. The van der Waals surface area contributed by atoms with Gasteiger partial charge in [-0.1, -0.05) is 30.3 Å². The minimum absolute atomic E-state index is 0.253. The van der Waals surface area contributed by atoms with E-state index in [9.17, 15) is 0 Å². The van der Waals surface area contributed by atoms with Crippen molar-refractivity contribution in [2.75, 3.05) is 6.61 Å². The molecule has 13 heavy (non-hydrogen) atoms. The highest BCUT2D eigenvalue weighted by Crippen LogP contribution is 2.25. The highest BCUT2D eigenvalue weighted by atomic mass is 16.3. The molecular formula is C11H15NO. The highest BCUT2D eigenvalue weighted by Gasteiger charge is 2.23. The van der Waals surface area contributed by atoms with Crippen LogP contribution in [0.2, 0.25) is 0 Å². The molecule has 0 saturated carbocycles. The van der Waals surface area contributed by atoms with Gasteiger partial charge in [0.15, 0.2) is 0 Å². The monoisotopic (exact) mass is 177 g/mol. The van der Waals surface area contributed by atoms with Crippen molar-refractivity contribution >= 4 is 0 Å². The molecule has 0 radical (unpaired) electrons. The van der Waals surface area contributed by atoms with E-state index in [1.165, 1.54) is 5.56 Å². The third-order valence-electron chi connectivity index (χ3n) is 2.66. The summed E-state index contributed by atoms with van der Waals surface area (Å²) in [5, 5.41) is 12.4. The Morgan fingerprint density at radius 3 is 2.62 bits per heavy atom. The standard InChI is InChI=1S/C11H15NO/c13-8-10-6-7-11(12-10)9-4-2-1-3-5-9/h1-5,10-13H,6-8H2/t10-,11-/m0/s1. The highest BCUT2D eigenvalue weighted by molar-refractivity contribution is 5.20. The summed E-state index contributed by atoms with van der Waals surface area (Å²) in [6.45, 7) is 0.253. The summed E-state index contributed by atoms with van der Waals surface area (Å²) in [5.41, 5.74) is 1.33. The van der Waals surface area contributed by atoms with Crippen molar-refractivity contribution in [2.45, 2.75) is 24.9 Å². The van der Waals surface area contributed by atoms with Crippen LogP contribution in [0.1, 0.15) is 24.4 Å². The van der Waals surface area contributed by atoms with E-state index in [0.717, 1.165) is 12.8 Å². The minimum atomic E-state index is 0.253. The van der Waals surface area contributed by atoms with Gasteiger partial charge < -0.3 is 10.4 Å². The molecule has 2 N–H and O–H groups in total. The molecule has 1 aromatic rings. The van der Waals surface area contributed by atoms with Gasteiger partial charge in [0.2, 0.25) is 0 Å². The van der Waals surface area contributed by atoms with Crippen molar-refractivity contribution < 1.29 is 5.11 Å². The smallest absolute Gasteiger partial charge is 0.0584 e. The molecule has 0 amide bonds. The second-order valence-electron chi connectivity index (χ2n) is 3.59. The van der Waals surface area contributed by atoms with Gasteiger partial charge in [-0.05, 0) is 18.4 Å². The van der Waals surface area contributed by atoms with Gasteiger partial charge in [-0.2, -0.15) is 0 Å². The van der Waals surface area contributed by atoms with Crippen molar-refractivity contribution in [3.05, 3.63) is 35.9 Å². The van der Waals surface area contributed by atoms with Gasteiger partial charge >= 0.3 is 0 Å². The number of aliphatic hydroxyl groups is 1. The fraction of sp³-hybridized carbons (Fsp3) is 0.455. The maximum Gasteiger partial charge on any atom is 0.0584 e. The number of hydrogen-bond donors (Lipinski definition) is 2. The zero-order valence-corrected chi connectivity index (χ0v) is 7.61. The van der Waals surface area contributed by atoms with Crippen LogP contribution in [0.5, 0.6) is 0 Å². The predicted octanol–water partition coefficient (Wildman–Crippen LogP) is 1.47. The molecule has 1 heterocycles. The second-order valence-corrected chi connectivity index (χ2v) is 3.59. The molecule has 2 rings (SSSR count). The summed E-state index contributed by atoms with van der Waals surface area (Å²) >= 11 is 0. The first-order chi connectivity index (χ1) is 6.40. The maximum atomic E-state index is 8.97. The zero-order chi connectivity index (χ0) is 9.10. The number of aliphatic hydroxyl groups excluding tert-OH is 1. The molecular weight excluding hydrogens is 162 g/mol. The van der Waals surface area contributed by atoms with Crippen LogP contribution in [0.4, 0.5) is 0 Å². The Hall–Kier alpha value is -0.860. The number of benzene rings is 1. The van der Waals surface area contributed by atoms with Crippen LogP contribution in [-0.2, 0) is 0 Å². The zero-order valence-electron chi connectivity index (χ0n) is 7.61. The van der Waals surface area contributed by atoms with Crippen LogP contribution < -0.4 is 5.32 Å². The van der Waals surface area contributed by atoms with Crippen molar-refractivity contribution in [3.63, 3.8) is 0 Å². The lowest BCUT2D eigenvalue weighted by Crippen LogP contribution is -2.27. The molecule has 0 aliphatic carbocycles. The number of rotatable bonds is 2. The van der Waals surface area contributed by atoms with Crippen LogP contribution in [0.25, 0.3) is 0 Å². The molecule has 1 aliphatic heterocycles. The quantitative estimate of drug-likeness (QED) is 0.717. The SMILES string of the molecule is OC[C@@H]1CC[C@@H](c2ccccc2)N1. The summed E-state index contributed by atoms with van der Waals surface area (Å²) in [6.07, 6.45) is 2.21. The van der Waals surface area contributed by atoms with Crippen LogP contribution in [0.3, 0.4) is 0 Å². The molecule has 2 nitrogen and oxygen atoms in total. The Labute approximate surface area is 78.6 Å². The van der Waals surface area contributed by atoms with Crippen molar-refractivity contribution in [2.24, 2.45) is 0 Å². The van der Waals surface area contributed by atoms with Gasteiger partial charge in [-0.15, -0.1) is 0 Å². The van der Waals surface area contributed by atoms with Crippen molar-refractivity contribution in [3.8, 4) is 0 Å². The fourth-order valence-electron chi connectivity index (χ4n) is 1.91. The van der Waals surface area contributed by atoms with Gasteiger partial charge in [0.25, 0.3) is 0 Å². The van der Waals surface area contributed by atoms with E-state index < -0.39 is 0 Å². The van der Waals surface area contributed by atoms with Gasteiger partial charge in [-0.3, -0.25) is 0 Å². The topological polar surface area (TPSA) is 32.3 Å². The summed E-state index contributed by atoms with van der Waals surface area (Å²) in [5.74, 6) is 0. The molecule has 70 valence electrons. The predicted molar refractivity (Wildman–Crippen MR) is 52.4 cm³/mol. The molecule has 1 aromatic carbocycles. The molecule has 0 bridgehead atoms. The van der Waals surface area contributed by atoms with Gasteiger partial charge in [0, 0.05) is 12.1 Å². The molecule has 2 atom stereocenters. The first-order valence-electron chi connectivity index (χ1n) is 4.82. The lowest BCUT2D eigenvalue weighted by molar-refractivity contribution is 0.251. The Bertz CT molecular complexity index is 260. The average molecular weight is 177 g/mol. The average Bonchev–Trinajstić information content (AvgIpc) is 2.67. The van der Waals surface area contributed by atoms with Gasteiger partial charge in [0.1, 0.15) is 0 Å². The van der Waals surface area contributed by atoms with Gasteiger partial charge in [0.05, 0.1) is 6.61 Å². The molecule has 1 aliphatic rings. The Balaban J connectivity index is 2.04. The molecule has 1 saturated heterocycles. The second kappa shape index (κ2) is 3.90. The molecule has 0 aromatic heterocycles. The van der Waals surface area contributed by atoms with Crippen LogP contribution in [0.15, 0.2) is 30.3 Å². The Kier molecular flexibility index (Phi) is 2.62. The Morgan fingerprint density at radius 2 is 2.00 bits per heavy atom. The Morgan fingerprint density at radius 1 is 1.23 bits per heavy atom. The summed E-state index contributed by atoms with van der Waals surface area (Å²) in [4.78, 5) is 0. The van der Waals surface area contributed by atoms with Crippen LogP contribution in [0, 0.1) is 0 Å². The lowest BCUT2D eigenvalue weighted by atomic mass is 10.1. The normalized spacial score (nSPS) is 27.8. The third kappa shape index (κ3) is 1.90. The molecule has 0 spiro atoms. The molecule has 0 unspecified atom stereocenters. The maximum absolute atomic E-state index is 8.97. The minimum Gasteiger partial charge on any atom is -0.395 e. The van der Waals surface area contributed by atoms with E-state index in [4.69, 9.17) is 5.11 Å². The van der Waals surface area contributed by atoms with Crippen LogP contribution in [-0.4, -0.2) is 17.8 Å². The van der Waals surface area contributed by atoms with Crippen molar-refractivity contribution in [1.82, 2.24) is 5.32 Å². The molecule has 2 heteroatoms. The largest absolute Gasteiger partial charge is 0.395 e. The first kappa shape index (κ1) is 8.73. The van der Waals surface area contributed by atoms with Crippen molar-refractivity contribution in [1.29, 1.82) is 0 Å². The van der Waals surface area contributed by atoms with E-state index in [2.05, 4.69) is 29.6 Å². The van der Waals surface area contributed by atoms with E-state index in [0.29, 0.717) is 12.1 Å². The summed E-state index contributed by atoms with van der Waals surface area (Å²) < 4.78 is 0. The lowest BCUT2D eigenvalue weighted by Gasteiger charge is -2.12. The van der Waals surface area contributed by atoms with Crippen LogP contribution >= 0.6 is 0 Å². The summed E-state index contributed by atoms with van der Waals surface area (Å²) in [6, 6.07) is 11.2. The van der Waals surface area contributed by atoms with E-state index in [1.54, 1.807) is 0 Å². The van der Waals surface area contributed by atoms with Gasteiger partial charge in [-0.25, -0.2) is 0 Å². The van der Waals surface area contributed by atoms with E-state index in [1.807, 2.05) is 6.07 Å².